The molecule has 0 aromatic carbocycles. The molecule has 0 bridgehead atoms. The van der Waals surface area contributed by atoms with Crippen molar-refractivity contribution in [3.63, 3.8) is 0 Å². The van der Waals surface area contributed by atoms with Crippen molar-refractivity contribution in [1.82, 2.24) is 5.48 Å². The molecule has 1 aliphatic heterocycles. The minimum Gasteiger partial charge on any atom is -0.276 e. The van der Waals surface area contributed by atoms with Crippen molar-refractivity contribution in [2.45, 2.75) is 20.3 Å². The highest BCUT2D eigenvalue weighted by Crippen LogP contribution is 1.99. The monoisotopic (exact) mass is 115 g/mol. The third-order valence-electron chi connectivity index (χ3n) is 0.722. The van der Waals surface area contributed by atoms with E-state index in [1.807, 2.05) is 13.8 Å². The zero-order valence-corrected chi connectivity index (χ0v) is 5.53. The van der Waals surface area contributed by atoms with Gasteiger partial charge in [-0.15, -0.1) is 0 Å². The van der Waals surface area contributed by atoms with Gasteiger partial charge in [0.1, 0.15) is 0 Å². The van der Waals surface area contributed by atoms with E-state index in [1.54, 1.807) is 0 Å². The summed E-state index contributed by atoms with van der Waals surface area (Å²) in [4.78, 5) is 4.71. The van der Waals surface area contributed by atoms with Gasteiger partial charge in [-0.25, -0.2) is 0 Å². The Balaban J connectivity index is 0.000000222. The Bertz CT molecular complexity index is 62.9. The SMILES string of the molecule is C=C1CCON1.CC. The lowest BCUT2D eigenvalue weighted by molar-refractivity contribution is 0.112. The molecule has 0 unspecified atom stereocenters. The van der Waals surface area contributed by atoms with E-state index < -0.39 is 0 Å². The van der Waals surface area contributed by atoms with Gasteiger partial charge in [-0.1, -0.05) is 20.4 Å². The van der Waals surface area contributed by atoms with Crippen LogP contribution in [0.1, 0.15) is 20.3 Å². The number of hydroxylamine groups is 1. The predicted molar refractivity (Wildman–Crippen MR) is 34.2 cm³/mol. The molecule has 0 spiro atoms. The lowest BCUT2D eigenvalue weighted by Gasteiger charge is -1.86. The fourth-order valence-corrected chi connectivity index (χ4v) is 0.378. The van der Waals surface area contributed by atoms with Crippen LogP contribution < -0.4 is 5.48 Å². The third-order valence-corrected chi connectivity index (χ3v) is 0.722. The van der Waals surface area contributed by atoms with E-state index in [0.29, 0.717) is 0 Å². The second-order valence-electron chi connectivity index (χ2n) is 1.30. The summed E-state index contributed by atoms with van der Waals surface area (Å²) >= 11 is 0. The lowest BCUT2D eigenvalue weighted by Crippen LogP contribution is -1.99. The average Bonchev–Trinajstić information content (AvgIpc) is 2.24. The maximum Gasteiger partial charge on any atom is 0.0801 e. The highest BCUT2D eigenvalue weighted by molar-refractivity contribution is 4.90. The Morgan fingerprint density at radius 2 is 2.25 bits per heavy atom. The van der Waals surface area contributed by atoms with Gasteiger partial charge in [-0.3, -0.25) is 10.3 Å². The number of nitrogens with one attached hydrogen (secondary N) is 1. The first-order valence-corrected chi connectivity index (χ1v) is 2.95. The lowest BCUT2D eigenvalue weighted by atomic mass is 10.4. The van der Waals surface area contributed by atoms with E-state index in [1.165, 1.54) is 0 Å². The fraction of sp³-hybridized carbons (Fsp3) is 0.667. The first-order valence-electron chi connectivity index (χ1n) is 2.95. The Morgan fingerprint density at radius 1 is 1.62 bits per heavy atom. The second kappa shape index (κ2) is 4.65. The van der Waals surface area contributed by atoms with Crippen LogP contribution in [0.25, 0.3) is 0 Å². The van der Waals surface area contributed by atoms with E-state index in [4.69, 9.17) is 4.84 Å². The van der Waals surface area contributed by atoms with Gasteiger partial charge >= 0.3 is 0 Å². The summed E-state index contributed by atoms with van der Waals surface area (Å²) in [6.45, 7) is 8.39. The molecule has 0 aromatic rings. The van der Waals surface area contributed by atoms with Gasteiger partial charge < -0.3 is 0 Å². The minimum absolute atomic E-state index is 0.777. The van der Waals surface area contributed by atoms with Gasteiger partial charge in [0, 0.05) is 12.1 Å². The summed E-state index contributed by atoms with van der Waals surface area (Å²) in [6, 6.07) is 0. The number of rotatable bonds is 0. The molecular formula is C6H13NO. The van der Waals surface area contributed by atoms with Crippen LogP contribution in [0.2, 0.25) is 0 Å². The largest absolute Gasteiger partial charge is 0.276 e. The van der Waals surface area contributed by atoms with Gasteiger partial charge in [0.25, 0.3) is 0 Å². The van der Waals surface area contributed by atoms with E-state index in [0.717, 1.165) is 18.7 Å². The molecule has 1 saturated heterocycles. The van der Waals surface area contributed by atoms with Crippen molar-refractivity contribution in [2.24, 2.45) is 0 Å². The maximum absolute atomic E-state index is 4.71. The molecule has 0 aliphatic carbocycles. The molecule has 48 valence electrons. The summed E-state index contributed by atoms with van der Waals surface area (Å²) in [5, 5.41) is 0. The summed E-state index contributed by atoms with van der Waals surface area (Å²) in [5.41, 5.74) is 3.61. The summed E-state index contributed by atoms with van der Waals surface area (Å²) < 4.78 is 0. The van der Waals surface area contributed by atoms with Crippen LogP contribution in [-0.4, -0.2) is 6.61 Å². The predicted octanol–water partition coefficient (Wildman–Crippen LogP) is 1.45. The zero-order valence-electron chi connectivity index (χ0n) is 5.53. The Hall–Kier alpha value is -0.500. The van der Waals surface area contributed by atoms with E-state index in [9.17, 15) is 0 Å². The first-order chi connectivity index (χ1) is 3.89. The van der Waals surface area contributed by atoms with E-state index >= 15 is 0 Å². The van der Waals surface area contributed by atoms with Crippen LogP contribution >= 0.6 is 0 Å². The molecule has 1 heterocycles. The molecule has 0 aromatic heterocycles. The molecule has 0 atom stereocenters. The van der Waals surface area contributed by atoms with Gasteiger partial charge in [-0.05, 0) is 0 Å². The molecule has 1 fully saturated rings. The van der Waals surface area contributed by atoms with Crippen molar-refractivity contribution in [2.75, 3.05) is 6.61 Å². The first kappa shape index (κ1) is 7.50. The standard InChI is InChI=1S/C4H7NO.C2H6/c1-4-2-3-6-5-4;1-2/h5H,1-3H2;1-2H3. The van der Waals surface area contributed by atoms with Crippen LogP contribution in [0.3, 0.4) is 0 Å². The molecular weight excluding hydrogens is 102 g/mol. The van der Waals surface area contributed by atoms with Gasteiger partial charge in [0.05, 0.1) is 6.61 Å². The molecule has 1 aliphatic rings. The number of hydrogen-bond acceptors (Lipinski definition) is 2. The molecule has 2 nitrogen and oxygen atoms in total. The second-order valence-corrected chi connectivity index (χ2v) is 1.30. The maximum atomic E-state index is 4.71. The van der Waals surface area contributed by atoms with Crippen molar-refractivity contribution >= 4 is 0 Å². The summed E-state index contributed by atoms with van der Waals surface area (Å²) in [7, 11) is 0. The number of hydrogen-bond donors (Lipinski definition) is 1. The van der Waals surface area contributed by atoms with Crippen molar-refractivity contribution < 1.29 is 4.84 Å². The molecule has 2 heteroatoms. The topological polar surface area (TPSA) is 21.3 Å². The zero-order chi connectivity index (χ0) is 6.41. The molecule has 0 radical (unpaired) electrons. The van der Waals surface area contributed by atoms with Crippen LogP contribution in [0, 0.1) is 0 Å². The van der Waals surface area contributed by atoms with Crippen LogP contribution in [0.5, 0.6) is 0 Å². The Labute approximate surface area is 50.5 Å². The van der Waals surface area contributed by atoms with E-state index in [-0.39, 0.29) is 0 Å². The molecule has 0 saturated carbocycles. The van der Waals surface area contributed by atoms with Gasteiger partial charge in [-0.2, -0.15) is 0 Å². The minimum atomic E-state index is 0.777. The molecule has 8 heavy (non-hydrogen) atoms. The Morgan fingerprint density at radius 3 is 2.38 bits per heavy atom. The Kier molecular flexibility index (Phi) is 4.36. The van der Waals surface area contributed by atoms with Crippen molar-refractivity contribution in [1.29, 1.82) is 0 Å². The van der Waals surface area contributed by atoms with Crippen LogP contribution in [0.15, 0.2) is 12.3 Å². The molecule has 1 rings (SSSR count). The van der Waals surface area contributed by atoms with Crippen LogP contribution in [-0.2, 0) is 4.84 Å². The quantitative estimate of drug-likeness (QED) is 0.516. The van der Waals surface area contributed by atoms with Gasteiger partial charge in [0.15, 0.2) is 0 Å². The fourth-order valence-electron chi connectivity index (χ4n) is 0.378. The van der Waals surface area contributed by atoms with E-state index in [2.05, 4.69) is 12.1 Å². The summed E-state index contributed by atoms with van der Waals surface area (Å²) in [6.07, 6.45) is 0.958. The van der Waals surface area contributed by atoms with Crippen molar-refractivity contribution in [3.05, 3.63) is 12.3 Å². The normalized spacial score (nSPS) is 16.5. The van der Waals surface area contributed by atoms with Gasteiger partial charge in [0.2, 0.25) is 0 Å². The smallest absolute Gasteiger partial charge is 0.0801 e. The average molecular weight is 115 g/mol. The van der Waals surface area contributed by atoms with Crippen molar-refractivity contribution in [3.8, 4) is 0 Å². The van der Waals surface area contributed by atoms with Crippen LogP contribution in [0.4, 0.5) is 0 Å². The highest BCUT2D eigenvalue weighted by atomic mass is 16.7. The molecule has 0 amide bonds. The third kappa shape index (κ3) is 2.64. The summed E-state index contributed by atoms with van der Waals surface area (Å²) in [5.74, 6) is 0. The molecule has 1 N–H and O–H groups in total. The highest BCUT2D eigenvalue weighted by Gasteiger charge is 1.99.